The Hall–Kier alpha value is -1.29. The molecule has 0 fully saturated rings. The fraction of sp³-hybridized carbons (Fsp3) is 0.200. The first kappa shape index (κ1) is 9.27. The van der Waals surface area contributed by atoms with Gasteiger partial charge in [0.1, 0.15) is 0 Å². The normalized spacial score (nSPS) is 18.9. The molecule has 14 heavy (non-hydrogen) atoms. The smallest absolute Gasteiger partial charge is 0.182 e. The van der Waals surface area contributed by atoms with Gasteiger partial charge in [0.25, 0.3) is 0 Å². The van der Waals surface area contributed by atoms with Crippen LogP contribution >= 0.6 is 11.8 Å². The molecule has 0 aliphatic carbocycles. The summed E-state index contributed by atoms with van der Waals surface area (Å²) >= 11 is 1.67. The zero-order chi connectivity index (χ0) is 9.80. The molecule has 1 aliphatic heterocycles. The standard InChI is InChI=1S/C10H11N3S/c1-8-7-14-10(13-12-8)11-9-5-3-2-4-6-9/h2-6H,7H2,1H3,(H,11,13). The van der Waals surface area contributed by atoms with Gasteiger partial charge in [-0.1, -0.05) is 30.0 Å². The summed E-state index contributed by atoms with van der Waals surface area (Å²) in [5.74, 6) is 0.915. The average Bonchev–Trinajstić information content (AvgIpc) is 2.23. The van der Waals surface area contributed by atoms with Crippen LogP contribution < -0.4 is 5.43 Å². The van der Waals surface area contributed by atoms with E-state index < -0.39 is 0 Å². The highest BCUT2D eigenvalue weighted by Gasteiger charge is 2.06. The van der Waals surface area contributed by atoms with Crippen LogP contribution in [0.15, 0.2) is 40.4 Å². The quantitative estimate of drug-likeness (QED) is 0.764. The van der Waals surface area contributed by atoms with Crippen molar-refractivity contribution in [2.24, 2.45) is 10.1 Å². The summed E-state index contributed by atoms with van der Waals surface area (Å²) in [6.45, 7) is 2.00. The Morgan fingerprint density at radius 2 is 2.14 bits per heavy atom. The van der Waals surface area contributed by atoms with E-state index in [1.807, 2.05) is 37.3 Å². The summed E-state index contributed by atoms with van der Waals surface area (Å²) in [5.41, 5.74) is 4.97. The molecule has 0 amide bonds. The SMILES string of the molecule is CC1=NNC(=Nc2ccccc2)SC1. The van der Waals surface area contributed by atoms with Crippen molar-refractivity contribution >= 4 is 28.3 Å². The summed E-state index contributed by atoms with van der Waals surface area (Å²) in [4.78, 5) is 4.41. The van der Waals surface area contributed by atoms with Crippen LogP contribution in [0.1, 0.15) is 6.92 Å². The molecular weight excluding hydrogens is 194 g/mol. The zero-order valence-electron chi connectivity index (χ0n) is 7.90. The van der Waals surface area contributed by atoms with Crippen molar-refractivity contribution in [2.45, 2.75) is 6.92 Å². The second-order valence-electron chi connectivity index (χ2n) is 3.00. The first-order chi connectivity index (χ1) is 6.84. The van der Waals surface area contributed by atoms with Crippen LogP contribution in [0.4, 0.5) is 5.69 Å². The largest absolute Gasteiger partial charge is 0.256 e. The second kappa shape index (κ2) is 4.28. The lowest BCUT2D eigenvalue weighted by atomic mass is 10.3. The third kappa shape index (κ3) is 2.35. The van der Waals surface area contributed by atoms with Crippen LogP contribution in [0.5, 0.6) is 0 Å². The van der Waals surface area contributed by atoms with E-state index >= 15 is 0 Å². The Balaban J connectivity index is 2.13. The molecule has 1 aromatic rings. The Bertz CT molecular complexity index is 370. The highest BCUT2D eigenvalue weighted by atomic mass is 32.2. The molecule has 0 spiro atoms. The van der Waals surface area contributed by atoms with Crippen molar-refractivity contribution in [1.82, 2.24) is 5.43 Å². The molecule has 72 valence electrons. The van der Waals surface area contributed by atoms with Crippen LogP contribution in [-0.4, -0.2) is 16.6 Å². The number of hydrogen-bond acceptors (Lipinski definition) is 3. The maximum atomic E-state index is 4.41. The van der Waals surface area contributed by atoms with Gasteiger partial charge in [-0.2, -0.15) is 5.10 Å². The lowest BCUT2D eigenvalue weighted by Crippen LogP contribution is -2.22. The molecule has 0 aromatic heterocycles. The number of hydrazone groups is 1. The highest BCUT2D eigenvalue weighted by molar-refractivity contribution is 8.14. The fourth-order valence-electron chi connectivity index (χ4n) is 1.06. The fourth-order valence-corrected chi connectivity index (χ4v) is 1.75. The van der Waals surface area contributed by atoms with Gasteiger partial charge >= 0.3 is 0 Å². The van der Waals surface area contributed by atoms with Gasteiger partial charge in [0.2, 0.25) is 0 Å². The lowest BCUT2D eigenvalue weighted by Gasteiger charge is -2.11. The third-order valence-corrected chi connectivity index (χ3v) is 2.77. The van der Waals surface area contributed by atoms with E-state index in [0.717, 1.165) is 22.3 Å². The van der Waals surface area contributed by atoms with Crippen molar-refractivity contribution in [1.29, 1.82) is 0 Å². The molecule has 1 aliphatic rings. The molecule has 1 aromatic carbocycles. The van der Waals surface area contributed by atoms with Gasteiger partial charge in [-0.3, -0.25) is 5.43 Å². The van der Waals surface area contributed by atoms with Crippen molar-refractivity contribution < 1.29 is 0 Å². The van der Waals surface area contributed by atoms with Crippen molar-refractivity contribution in [2.75, 3.05) is 5.75 Å². The Kier molecular flexibility index (Phi) is 2.84. The van der Waals surface area contributed by atoms with Crippen LogP contribution in [0.3, 0.4) is 0 Å². The van der Waals surface area contributed by atoms with Crippen LogP contribution in [0.25, 0.3) is 0 Å². The summed E-state index contributed by atoms with van der Waals surface area (Å²) in [6.07, 6.45) is 0. The number of amidine groups is 1. The topological polar surface area (TPSA) is 36.8 Å². The number of benzene rings is 1. The third-order valence-electron chi connectivity index (χ3n) is 1.75. The summed E-state index contributed by atoms with van der Waals surface area (Å²) in [5, 5.41) is 4.99. The number of nitrogens with zero attached hydrogens (tertiary/aromatic N) is 2. The maximum Gasteiger partial charge on any atom is 0.182 e. The first-order valence-electron chi connectivity index (χ1n) is 4.40. The van der Waals surface area contributed by atoms with Gasteiger partial charge in [-0.25, -0.2) is 4.99 Å². The number of nitrogens with one attached hydrogen (secondary N) is 1. The van der Waals surface area contributed by atoms with E-state index in [2.05, 4.69) is 15.5 Å². The molecule has 0 unspecified atom stereocenters. The Morgan fingerprint density at radius 1 is 1.36 bits per heavy atom. The first-order valence-corrected chi connectivity index (χ1v) is 5.39. The zero-order valence-corrected chi connectivity index (χ0v) is 8.71. The molecular formula is C10H11N3S. The summed E-state index contributed by atoms with van der Waals surface area (Å²) in [7, 11) is 0. The maximum absolute atomic E-state index is 4.41. The van der Waals surface area contributed by atoms with E-state index in [9.17, 15) is 0 Å². The molecule has 4 heteroatoms. The molecule has 0 radical (unpaired) electrons. The number of para-hydroxylation sites is 1. The van der Waals surface area contributed by atoms with E-state index in [4.69, 9.17) is 0 Å². The van der Waals surface area contributed by atoms with Crippen LogP contribution in [-0.2, 0) is 0 Å². The summed E-state index contributed by atoms with van der Waals surface area (Å²) < 4.78 is 0. The lowest BCUT2D eigenvalue weighted by molar-refractivity contribution is 1.03. The average molecular weight is 205 g/mol. The highest BCUT2D eigenvalue weighted by Crippen LogP contribution is 2.15. The van der Waals surface area contributed by atoms with Crippen LogP contribution in [0.2, 0.25) is 0 Å². The summed E-state index contributed by atoms with van der Waals surface area (Å²) in [6, 6.07) is 9.87. The van der Waals surface area contributed by atoms with Crippen molar-refractivity contribution in [3.8, 4) is 0 Å². The minimum Gasteiger partial charge on any atom is -0.256 e. The van der Waals surface area contributed by atoms with Crippen LogP contribution in [0, 0.1) is 0 Å². The number of thioether (sulfide) groups is 1. The van der Waals surface area contributed by atoms with Crippen molar-refractivity contribution in [3.05, 3.63) is 30.3 Å². The van der Waals surface area contributed by atoms with Gasteiger partial charge in [-0.15, -0.1) is 0 Å². The van der Waals surface area contributed by atoms with E-state index in [-0.39, 0.29) is 0 Å². The number of aliphatic imine (C=N–C) groups is 1. The minimum atomic E-state index is 0.863. The van der Waals surface area contributed by atoms with E-state index in [1.165, 1.54) is 0 Å². The van der Waals surface area contributed by atoms with Gasteiger partial charge in [-0.05, 0) is 19.1 Å². The molecule has 1 N–H and O–H groups in total. The Morgan fingerprint density at radius 3 is 2.79 bits per heavy atom. The molecule has 3 nitrogen and oxygen atoms in total. The minimum absolute atomic E-state index is 0.863. The monoisotopic (exact) mass is 205 g/mol. The molecule has 0 saturated heterocycles. The molecule has 0 bridgehead atoms. The number of rotatable bonds is 1. The predicted octanol–water partition coefficient (Wildman–Crippen LogP) is 2.39. The Labute approximate surface area is 87.3 Å². The van der Waals surface area contributed by atoms with Gasteiger partial charge in [0, 0.05) is 11.5 Å². The van der Waals surface area contributed by atoms with E-state index in [1.54, 1.807) is 11.8 Å². The van der Waals surface area contributed by atoms with Gasteiger partial charge in [0.15, 0.2) is 5.17 Å². The van der Waals surface area contributed by atoms with Gasteiger partial charge < -0.3 is 0 Å². The molecule has 0 atom stereocenters. The van der Waals surface area contributed by atoms with Crippen molar-refractivity contribution in [3.63, 3.8) is 0 Å². The second-order valence-corrected chi connectivity index (χ2v) is 3.96. The number of hydrogen-bond donors (Lipinski definition) is 1. The van der Waals surface area contributed by atoms with Gasteiger partial charge in [0.05, 0.1) is 5.69 Å². The molecule has 1 heterocycles. The molecule has 2 rings (SSSR count). The molecule has 0 saturated carbocycles. The van der Waals surface area contributed by atoms with E-state index in [0.29, 0.717) is 0 Å². The predicted molar refractivity (Wildman–Crippen MR) is 62.2 cm³/mol.